The summed E-state index contributed by atoms with van der Waals surface area (Å²) < 4.78 is 28.2. The quantitative estimate of drug-likeness (QED) is 0.831. The molecule has 0 aromatic heterocycles. The van der Waals surface area contributed by atoms with Crippen molar-refractivity contribution in [3.63, 3.8) is 0 Å². The van der Waals surface area contributed by atoms with E-state index >= 15 is 0 Å². The van der Waals surface area contributed by atoms with Crippen LogP contribution in [-0.2, 0) is 14.8 Å². The van der Waals surface area contributed by atoms with E-state index in [2.05, 4.69) is 15.9 Å². The number of carbonyl (C=O) groups is 1. The molecule has 0 bridgehead atoms. The number of halogens is 2. The Kier molecular flexibility index (Phi) is 5.96. The molecular weight excluding hydrogens is 372 g/mol. The Balaban J connectivity index is 3.26. The molecule has 1 aromatic carbocycles. The van der Waals surface area contributed by atoms with Crippen LogP contribution in [0.4, 0.5) is 0 Å². The first kappa shape index (κ1) is 17.4. The van der Waals surface area contributed by atoms with Crippen LogP contribution < -0.4 is 5.14 Å². The molecule has 0 radical (unpaired) electrons. The van der Waals surface area contributed by atoms with E-state index in [1.165, 1.54) is 24.1 Å². The second-order valence-electron chi connectivity index (χ2n) is 4.03. The SMILES string of the molecule is COCCN(C)C(=O)c1cc(Br)cc(S(N)(=O)=O)c1Cl. The number of sulfonamides is 1. The number of hydrogen-bond donors (Lipinski definition) is 1. The zero-order valence-corrected chi connectivity index (χ0v) is 14.0. The molecular formula is C11H14BrClN2O4S. The maximum atomic E-state index is 12.2. The third-order valence-corrected chi connectivity index (χ3v) is 4.43. The number of likely N-dealkylation sites (N-methyl/N-ethyl adjacent to an activating group) is 1. The Labute approximate surface area is 131 Å². The number of methoxy groups -OCH3 is 1. The lowest BCUT2D eigenvalue weighted by atomic mass is 10.2. The summed E-state index contributed by atoms with van der Waals surface area (Å²) in [5.74, 6) is -0.418. The Bertz CT molecular complexity index is 621. The normalized spacial score (nSPS) is 11.4. The Morgan fingerprint density at radius 1 is 1.50 bits per heavy atom. The molecule has 6 nitrogen and oxygen atoms in total. The van der Waals surface area contributed by atoms with E-state index in [9.17, 15) is 13.2 Å². The summed E-state index contributed by atoms with van der Waals surface area (Å²) in [5.41, 5.74) is 0.0590. The lowest BCUT2D eigenvalue weighted by Gasteiger charge is -2.18. The average Bonchev–Trinajstić information content (AvgIpc) is 2.36. The van der Waals surface area contributed by atoms with E-state index < -0.39 is 15.9 Å². The fraction of sp³-hybridized carbons (Fsp3) is 0.364. The lowest BCUT2D eigenvalue weighted by Crippen LogP contribution is -2.30. The summed E-state index contributed by atoms with van der Waals surface area (Å²) in [6.07, 6.45) is 0. The molecule has 20 heavy (non-hydrogen) atoms. The number of benzene rings is 1. The van der Waals surface area contributed by atoms with Crippen molar-refractivity contribution in [1.82, 2.24) is 4.90 Å². The van der Waals surface area contributed by atoms with Gasteiger partial charge in [-0.15, -0.1) is 0 Å². The smallest absolute Gasteiger partial charge is 0.255 e. The predicted octanol–water partition coefficient (Wildman–Crippen LogP) is 1.47. The van der Waals surface area contributed by atoms with E-state index in [0.29, 0.717) is 17.6 Å². The molecule has 0 unspecified atom stereocenters. The van der Waals surface area contributed by atoms with E-state index in [1.807, 2.05) is 0 Å². The van der Waals surface area contributed by atoms with Gasteiger partial charge in [-0.3, -0.25) is 4.79 Å². The van der Waals surface area contributed by atoms with Crippen LogP contribution in [-0.4, -0.2) is 46.5 Å². The molecule has 0 aliphatic carbocycles. The molecule has 1 amide bonds. The van der Waals surface area contributed by atoms with Crippen LogP contribution in [0.1, 0.15) is 10.4 Å². The zero-order valence-electron chi connectivity index (χ0n) is 10.9. The van der Waals surface area contributed by atoms with E-state index in [1.54, 1.807) is 7.05 Å². The fourth-order valence-electron chi connectivity index (χ4n) is 1.46. The van der Waals surface area contributed by atoms with Gasteiger partial charge in [0.1, 0.15) is 4.90 Å². The lowest BCUT2D eigenvalue weighted by molar-refractivity contribution is 0.0744. The first-order valence-corrected chi connectivity index (χ1v) is 8.16. The summed E-state index contributed by atoms with van der Waals surface area (Å²) in [7, 11) is -0.930. The van der Waals surface area contributed by atoms with Crippen LogP contribution >= 0.6 is 27.5 Å². The molecule has 0 aliphatic heterocycles. The summed E-state index contributed by atoms with van der Waals surface area (Å²) in [6.45, 7) is 0.707. The molecule has 112 valence electrons. The molecule has 0 saturated heterocycles. The minimum atomic E-state index is -4.01. The van der Waals surface area contributed by atoms with Gasteiger partial charge in [-0.2, -0.15) is 0 Å². The van der Waals surface area contributed by atoms with Crippen LogP contribution in [0.25, 0.3) is 0 Å². The molecule has 0 saturated carbocycles. The van der Waals surface area contributed by atoms with E-state index in [4.69, 9.17) is 21.5 Å². The van der Waals surface area contributed by atoms with Gasteiger partial charge in [-0.1, -0.05) is 27.5 Å². The van der Waals surface area contributed by atoms with Gasteiger partial charge in [0.25, 0.3) is 5.91 Å². The molecule has 1 aromatic rings. The average molecular weight is 386 g/mol. The van der Waals surface area contributed by atoms with Crippen molar-refractivity contribution in [1.29, 1.82) is 0 Å². The van der Waals surface area contributed by atoms with Crippen molar-refractivity contribution in [2.75, 3.05) is 27.3 Å². The van der Waals surface area contributed by atoms with E-state index in [-0.39, 0.29) is 15.5 Å². The number of carbonyl (C=O) groups excluding carboxylic acids is 1. The molecule has 0 spiro atoms. The topological polar surface area (TPSA) is 89.7 Å². The van der Waals surface area contributed by atoms with Crippen molar-refractivity contribution in [2.24, 2.45) is 5.14 Å². The summed E-state index contributed by atoms with van der Waals surface area (Å²) in [5, 5.41) is 4.88. The maximum absolute atomic E-state index is 12.2. The number of hydrogen-bond acceptors (Lipinski definition) is 4. The standard InChI is InChI=1S/C11H14BrClN2O4S/c1-15(3-4-19-2)11(16)8-5-7(12)6-9(10(8)13)20(14,17)18/h5-6H,3-4H2,1-2H3,(H2,14,17,18). The highest BCUT2D eigenvalue weighted by Gasteiger charge is 2.22. The molecule has 0 fully saturated rings. The van der Waals surface area contributed by atoms with Crippen LogP contribution in [0.3, 0.4) is 0 Å². The second-order valence-corrected chi connectivity index (χ2v) is 6.85. The summed E-state index contributed by atoms with van der Waals surface area (Å²) >= 11 is 9.12. The Hall–Kier alpha value is -0.670. The van der Waals surface area contributed by atoms with Crippen LogP contribution in [0, 0.1) is 0 Å². The largest absolute Gasteiger partial charge is 0.383 e. The first-order valence-electron chi connectivity index (χ1n) is 5.44. The molecule has 1 rings (SSSR count). The summed E-state index contributed by atoms with van der Waals surface area (Å²) in [4.78, 5) is 13.3. The van der Waals surface area contributed by atoms with Gasteiger partial charge in [0.2, 0.25) is 10.0 Å². The Morgan fingerprint density at radius 3 is 2.60 bits per heavy atom. The van der Waals surface area contributed by atoms with Gasteiger partial charge in [0.15, 0.2) is 0 Å². The van der Waals surface area contributed by atoms with Crippen LogP contribution in [0.15, 0.2) is 21.5 Å². The van der Waals surface area contributed by atoms with Crippen molar-refractivity contribution >= 4 is 43.5 Å². The van der Waals surface area contributed by atoms with Crippen molar-refractivity contribution < 1.29 is 17.9 Å². The third kappa shape index (κ3) is 4.16. The van der Waals surface area contributed by atoms with E-state index in [0.717, 1.165) is 0 Å². The van der Waals surface area contributed by atoms with Gasteiger partial charge < -0.3 is 9.64 Å². The maximum Gasteiger partial charge on any atom is 0.255 e. The van der Waals surface area contributed by atoms with Crippen LogP contribution in [0.5, 0.6) is 0 Å². The number of ether oxygens (including phenoxy) is 1. The van der Waals surface area contributed by atoms with Gasteiger partial charge in [-0.25, -0.2) is 13.6 Å². The fourth-order valence-corrected chi connectivity index (χ4v) is 3.24. The third-order valence-electron chi connectivity index (χ3n) is 2.52. The minimum Gasteiger partial charge on any atom is -0.383 e. The molecule has 9 heteroatoms. The number of primary sulfonamides is 1. The van der Waals surface area contributed by atoms with Crippen molar-refractivity contribution in [2.45, 2.75) is 4.90 Å². The van der Waals surface area contributed by atoms with Gasteiger partial charge in [0, 0.05) is 25.2 Å². The minimum absolute atomic E-state index is 0.0590. The number of amides is 1. The van der Waals surface area contributed by atoms with Crippen LogP contribution in [0.2, 0.25) is 5.02 Å². The number of rotatable bonds is 5. The molecule has 0 aliphatic rings. The molecule has 0 heterocycles. The monoisotopic (exact) mass is 384 g/mol. The molecule has 0 atom stereocenters. The highest BCUT2D eigenvalue weighted by atomic mass is 79.9. The highest BCUT2D eigenvalue weighted by molar-refractivity contribution is 9.10. The Morgan fingerprint density at radius 2 is 2.10 bits per heavy atom. The molecule has 2 N–H and O–H groups in total. The number of nitrogens with two attached hydrogens (primary N) is 1. The summed E-state index contributed by atoms with van der Waals surface area (Å²) in [6, 6.07) is 2.70. The first-order chi connectivity index (χ1) is 9.18. The predicted molar refractivity (Wildman–Crippen MR) is 79.4 cm³/mol. The van der Waals surface area contributed by atoms with Crippen molar-refractivity contribution in [3.8, 4) is 0 Å². The highest BCUT2D eigenvalue weighted by Crippen LogP contribution is 2.29. The van der Waals surface area contributed by atoms with Gasteiger partial charge >= 0.3 is 0 Å². The van der Waals surface area contributed by atoms with Gasteiger partial charge in [-0.05, 0) is 12.1 Å². The van der Waals surface area contributed by atoms with Crippen molar-refractivity contribution in [3.05, 3.63) is 27.2 Å². The van der Waals surface area contributed by atoms with Gasteiger partial charge in [0.05, 0.1) is 17.2 Å². The second kappa shape index (κ2) is 6.86. The zero-order chi connectivity index (χ0) is 15.5. The number of nitrogens with zero attached hydrogens (tertiary/aromatic N) is 1.